The largest absolute Gasteiger partial charge is 0.467 e. The highest BCUT2D eigenvalue weighted by molar-refractivity contribution is 6.08. The first-order valence-electron chi connectivity index (χ1n) is 9.42. The Morgan fingerprint density at radius 3 is 2.75 bits per heavy atom. The average Bonchev–Trinajstić information content (AvgIpc) is 3.48. The number of rotatable bonds is 3. The Labute approximate surface area is 162 Å². The molecule has 2 atom stereocenters. The van der Waals surface area contributed by atoms with Crippen LogP contribution in [0, 0.1) is 5.92 Å². The number of furan rings is 2. The number of nitrogens with zero attached hydrogens (tertiary/aromatic N) is 3. The van der Waals surface area contributed by atoms with Gasteiger partial charge in [0.2, 0.25) is 0 Å². The Bertz CT molecular complexity index is 1020. The summed E-state index contributed by atoms with van der Waals surface area (Å²) < 4.78 is 11.2. The Hall–Kier alpha value is -3.41. The topological polar surface area (TPSA) is 71.8 Å². The summed E-state index contributed by atoms with van der Waals surface area (Å²) in [6.45, 7) is 0. The van der Waals surface area contributed by atoms with E-state index in [1.165, 1.54) is 0 Å². The molecule has 0 bridgehead atoms. The van der Waals surface area contributed by atoms with Crippen molar-refractivity contribution in [3.05, 3.63) is 84.0 Å². The van der Waals surface area contributed by atoms with Crippen LogP contribution in [-0.4, -0.2) is 21.6 Å². The zero-order valence-electron chi connectivity index (χ0n) is 15.2. The van der Waals surface area contributed by atoms with Crippen molar-refractivity contribution in [2.75, 3.05) is 0 Å². The number of carbonyl (C=O) groups excluding carboxylic acids is 1. The van der Waals surface area contributed by atoms with Crippen LogP contribution in [0.3, 0.4) is 0 Å². The maximum Gasteiger partial charge on any atom is 0.293 e. The van der Waals surface area contributed by atoms with Crippen molar-refractivity contribution in [3.63, 3.8) is 0 Å². The highest BCUT2D eigenvalue weighted by atomic mass is 16.3. The van der Waals surface area contributed by atoms with E-state index in [0.29, 0.717) is 5.69 Å². The summed E-state index contributed by atoms with van der Waals surface area (Å²) in [5, 5.41) is 6.32. The molecule has 3 aromatic rings. The van der Waals surface area contributed by atoms with Gasteiger partial charge in [0.15, 0.2) is 0 Å². The van der Waals surface area contributed by atoms with Crippen LogP contribution in [-0.2, 0) is 0 Å². The molecule has 140 valence electrons. The number of fused-ring (bicyclic) bond motifs is 1. The lowest BCUT2D eigenvalue weighted by molar-refractivity contribution is 0.0650. The Morgan fingerprint density at radius 1 is 1.11 bits per heavy atom. The van der Waals surface area contributed by atoms with Gasteiger partial charge in [-0.15, -0.1) is 0 Å². The van der Waals surface area contributed by atoms with E-state index in [2.05, 4.69) is 4.98 Å². The first-order valence-corrected chi connectivity index (χ1v) is 9.42. The van der Waals surface area contributed by atoms with Crippen molar-refractivity contribution in [3.8, 4) is 0 Å². The van der Waals surface area contributed by atoms with Crippen molar-refractivity contribution < 1.29 is 13.6 Å². The highest BCUT2D eigenvalue weighted by Gasteiger charge is 2.45. The maximum atomic E-state index is 13.2. The van der Waals surface area contributed by atoms with E-state index in [0.717, 1.165) is 42.1 Å². The number of amides is 1. The first kappa shape index (κ1) is 16.7. The average molecular weight is 373 g/mol. The molecule has 1 saturated carbocycles. The lowest BCUT2D eigenvalue weighted by Gasteiger charge is -2.27. The van der Waals surface area contributed by atoms with E-state index < -0.39 is 0 Å². The molecule has 0 radical (unpaired) electrons. The number of aromatic nitrogens is 1. The molecule has 0 saturated heterocycles. The van der Waals surface area contributed by atoms with Gasteiger partial charge in [0.05, 0.1) is 18.2 Å². The molecule has 6 heteroatoms. The normalized spacial score (nSPS) is 22.9. The van der Waals surface area contributed by atoms with Crippen LogP contribution in [0.25, 0.3) is 6.08 Å². The van der Waals surface area contributed by atoms with Gasteiger partial charge in [0.1, 0.15) is 23.3 Å². The lowest BCUT2D eigenvalue weighted by Crippen LogP contribution is -2.32. The molecule has 1 amide bonds. The number of hydrazone groups is 1. The predicted molar refractivity (Wildman–Crippen MR) is 103 cm³/mol. The number of hydrogen-bond acceptors (Lipinski definition) is 5. The molecule has 5 rings (SSSR count). The minimum atomic E-state index is -0.264. The second-order valence-corrected chi connectivity index (χ2v) is 6.99. The molecule has 0 spiro atoms. The minimum absolute atomic E-state index is 0.0915. The molecule has 0 N–H and O–H groups in total. The van der Waals surface area contributed by atoms with Crippen LogP contribution in [0.5, 0.6) is 0 Å². The number of pyridine rings is 1. The fraction of sp³-hybridized carbons (Fsp3) is 0.227. The third-order valence-electron chi connectivity index (χ3n) is 5.29. The molecule has 0 aromatic carbocycles. The zero-order chi connectivity index (χ0) is 18.9. The van der Waals surface area contributed by atoms with E-state index in [4.69, 9.17) is 13.9 Å². The summed E-state index contributed by atoms with van der Waals surface area (Å²) in [4.78, 5) is 17.4. The summed E-state index contributed by atoms with van der Waals surface area (Å²) in [5.41, 5.74) is 2.42. The molecule has 1 aliphatic heterocycles. The quantitative estimate of drug-likeness (QED) is 0.667. The monoisotopic (exact) mass is 373 g/mol. The van der Waals surface area contributed by atoms with Crippen LogP contribution >= 0.6 is 0 Å². The smallest absolute Gasteiger partial charge is 0.293 e. The van der Waals surface area contributed by atoms with Gasteiger partial charge in [-0.2, -0.15) is 5.10 Å². The number of carbonyl (C=O) groups is 1. The van der Waals surface area contributed by atoms with Gasteiger partial charge in [-0.05, 0) is 67.3 Å². The zero-order valence-corrected chi connectivity index (χ0v) is 15.2. The number of hydrogen-bond donors (Lipinski definition) is 0. The Kier molecular flexibility index (Phi) is 4.16. The van der Waals surface area contributed by atoms with Gasteiger partial charge >= 0.3 is 0 Å². The van der Waals surface area contributed by atoms with Crippen molar-refractivity contribution >= 4 is 17.7 Å². The first-order chi connectivity index (χ1) is 13.8. The van der Waals surface area contributed by atoms with Crippen molar-refractivity contribution in [2.45, 2.75) is 25.3 Å². The minimum Gasteiger partial charge on any atom is -0.467 e. The van der Waals surface area contributed by atoms with Crippen LogP contribution < -0.4 is 0 Å². The van der Waals surface area contributed by atoms with Gasteiger partial charge in [-0.25, -0.2) is 5.01 Å². The maximum absolute atomic E-state index is 13.2. The fourth-order valence-electron chi connectivity index (χ4n) is 4.06. The second-order valence-electron chi connectivity index (χ2n) is 6.99. The van der Waals surface area contributed by atoms with Gasteiger partial charge in [-0.3, -0.25) is 9.78 Å². The number of allylic oxidation sites excluding steroid dienone is 1. The molecule has 1 fully saturated rings. The summed E-state index contributed by atoms with van der Waals surface area (Å²) in [6, 6.07) is 12.6. The van der Waals surface area contributed by atoms with E-state index in [9.17, 15) is 4.79 Å². The van der Waals surface area contributed by atoms with Crippen LogP contribution in [0.15, 0.2) is 80.7 Å². The van der Waals surface area contributed by atoms with E-state index >= 15 is 0 Å². The third kappa shape index (κ3) is 2.87. The van der Waals surface area contributed by atoms with Crippen LogP contribution in [0.2, 0.25) is 0 Å². The van der Waals surface area contributed by atoms with E-state index in [-0.39, 0.29) is 17.9 Å². The summed E-state index contributed by atoms with van der Waals surface area (Å²) in [7, 11) is 0. The highest BCUT2D eigenvalue weighted by Crippen LogP contribution is 2.44. The van der Waals surface area contributed by atoms with Crippen LogP contribution in [0.4, 0.5) is 0 Å². The molecule has 4 heterocycles. The SMILES string of the molecule is O=C(c1ccccn1)N1N=C2/C(=C/c3ccco3)CCC[C@@H]2[C@@H]1c1ccco1. The summed E-state index contributed by atoms with van der Waals surface area (Å²) in [6.07, 6.45) is 9.83. The molecule has 0 unspecified atom stereocenters. The standard InChI is InChI=1S/C22H19N3O3/c26-22(18-9-1-2-11-23-18)25-21(19-10-5-13-28-19)17-8-3-6-15(20(17)24-25)14-16-7-4-12-27-16/h1-2,4-5,7,9-14,17,21H,3,6,8H2/b15-14+/t17-,21+/m0/s1. The van der Waals surface area contributed by atoms with Gasteiger partial charge in [0, 0.05) is 12.1 Å². The van der Waals surface area contributed by atoms with Gasteiger partial charge in [0.25, 0.3) is 5.91 Å². The Balaban J connectivity index is 1.57. The molecule has 28 heavy (non-hydrogen) atoms. The molecular weight excluding hydrogens is 354 g/mol. The van der Waals surface area contributed by atoms with Gasteiger partial charge in [-0.1, -0.05) is 6.07 Å². The molecule has 6 nitrogen and oxygen atoms in total. The summed E-state index contributed by atoms with van der Waals surface area (Å²) in [5.74, 6) is 1.41. The van der Waals surface area contributed by atoms with Gasteiger partial charge < -0.3 is 8.83 Å². The molecule has 1 aliphatic carbocycles. The molecular formula is C22H19N3O3. The van der Waals surface area contributed by atoms with Crippen molar-refractivity contribution in [2.24, 2.45) is 11.0 Å². The third-order valence-corrected chi connectivity index (χ3v) is 5.29. The lowest BCUT2D eigenvalue weighted by atomic mass is 9.79. The molecule has 3 aromatic heterocycles. The predicted octanol–water partition coefficient (Wildman–Crippen LogP) is 4.70. The van der Waals surface area contributed by atoms with E-state index in [1.807, 2.05) is 30.3 Å². The Morgan fingerprint density at radius 2 is 2.00 bits per heavy atom. The second kappa shape index (κ2) is 6.96. The van der Waals surface area contributed by atoms with Crippen LogP contribution in [0.1, 0.15) is 47.3 Å². The summed E-state index contributed by atoms with van der Waals surface area (Å²) >= 11 is 0. The molecule has 2 aliphatic rings. The van der Waals surface area contributed by atoms with Crippen molar-refractivity contribution in [1.29, 1.82) is 0 Å². The fourth-order valence-corrected chi connectivity index (χ4v) is 4.06. The van der Waals surface area contributed by atoms with Crippen molar-refractivity contribution in [1.82, 2.24) is 9.99 Å². The van der Waals surface area contributed by atoms with E-state index in [1.54, 1.807) is 41.9 Å².